The molecule has 2 heterocycles. The van der Waals surface area contributed by atoms with Gasteiger partial charge in [0, 0.05) is 35.0 Å². The number of thiazole rings is 1. The Kier molecular flexibility index (Phi) is 4.98. The lowest BCUT2D eigenvalue weighted by atomic mass is 10.2. The molecule has 1 aromatic carbocycles. The minimum Gasteiger partial charge on any atom is -0.496 e. The van der Waals surface area contributed by atoms with E-state index in [0.717, 1.165) is 22.6 Å². The standard InChI is InChI=1S/C18H15N3O2S/c1-23-16-7-3-2-5-13(16)8-9-17(22)21-18-20-15(12-24-18)14-6-4-10-19-11-14/h2-12H,1H3,(H,20,21,22). The van der Waals surface area contributed by atoms with Gasteiger partial charge in [0.1, 0.15) is 5.75 Å². The Labute approximate surface area is 143 Å². The van der Waals surface area contributed by atoms with Crippen LogP contribution in [0.3, 0.4) is 0 Å². The summed E-state index contributed by atoms with van der Waals surface area (Å²) in [5.74, 6) is 0.475. The van der Waals surface area contributed by atoms with Crippen molar-refractivity contribution in [2.75, 3.05) is 12.4 Å². The molecule has 1 N–H and O–H groups in total. The van der Waals surface area contributed by atoms with Crippen LogP contribution in [0.4, 0.5) is 5.13 Å². The van der Waals surface area contributed by atoms with Crippen LogP contribution in [-0.2, 0) is 4.79 Å². The van der Waals surface area contributed by atoms with Crippen molar-refractivity contribution in [2.45, 2.75) is 0 Å². The van der Waals surface area contributed by atoms with Gasteiger partial charge in [0.15, 0.2) is 5.13 Å². The van der Waals surface area contributed by atoms with E-state index in [4.69, 9.17) is 4.74 Å². The number of amides is 1. The number of methoxy groups -OCH3 is 1. The first kappa shape index (κ1) is 15.9. The number of aromatic nitrogens is 2. The molecule has 0 atom stereocenters. The van der Waals surface area contributed by atoms with Crippen molar-refractivity contribution in [2.24, 2.45) is 0 Å². The van der Waals surface area contributed by atoms with Gasteiger partial charge in [-0.2, -0.15) is 0 Å². The highest BCUT2D eigenvalue weighted by atomic mass is 32.1. The molecular formula is C18H15N3O2S. The zero-order chi connectivity index (χ0) is 16.8. The molecule has 3 rings (SSSR count). The highest BCUT2D eigenvalue weighted by Crippen LogP contribution is 2.24. The molecule has 0 aliphatic heterocycles. The van der Waals surface area contributed by atoms with E-state index in [2.05, 4.69) is 15.3 Å². The number of hydrogen-bond donors (Lipinski definition) is 1. The van der Waals surface area contributed by atoms with Crippen LogP contribution in [0.2, 0.25) is 0 Å². The maximum atomic E-state index is 12.0. The first-order valence-electron chi connectivity index (χ1n) is 7.24. The number of nitrogens with one attached hydrogen (secondary N) is 1. The van der Waals surface area contributed by atoms with Crippen molar-refractivity contribution in [3.8, 4) is 17.0 Å². The van der Waals surface area contributed by atoms with Crippen molar-refractivity contribution in [1.82, 2.24) is 9.97 Å². The third kappa shape index (κ3) is 3.85. The molecule has 0 unspecified atom stereocenters. The number of hydrogen-bond acceptors (Lipinski definition) is 5. The lowest BCUT2D eigenvalue weighted by Gasteiger charge is -2.03. The summed E-state index contributed by atoms with van der Waals surface area (Å²) < 4.78 is 5.25. The van der Waals surface area contributed by atoms with E-state index < -0.39 is 0 Å². The fourth-order valence-electron chi connectivity index (χ4n) is 2.09. The maximum absolute atomic E-state index is 12.0. The average Bonchev–Trinajstić information content (AvgIpc) is 3.09. The number of rotatable bonds is 5. The van der Waals surface area contributed by atoms with E-state index >= 15 is 0 Å². The molecule has 0 saturated heterocycles. The Morgan fingerprint density at radius 2 is 2.12 bits per heavy atom. The van der Waals surface area contributed by atoms with Gasteiger partial charge in [-0.15, -0.1) is 11.3 Å². The summed E-state index contributed by atoms with van der Waals surface area (Å²) in [7, 11) is 1.60. The Hall–Kier alpha value is -2.99. The average molecular weight is 337 g/mol. The van der Waals surface area contributed by atoms with Gasteiger partial charge in [-0.1, -0.05) is 18.2 Å². The number of pyridine rings is 1. The second kappa shape index (κ2) is 7.52. The predicted octanol–water partition coefficient (Wildman–Crippen LogP) is 3.87. The lowest BCUT2D eigenvalue weighted by molar-refractivity contribution is -0.111. The molecule has 0 radical (unpaired) electrons. The summed E-state index contributed by atoms with van der Waals surface area (Å²) in [6.45, 7) is 0. The first-order chi connectivity index (χ1) is 11.8. The van der Waals surface area contributed by atoms with Gasteiger partial charge in [0.05, 0.1) is 12.8 Å². The van der Waals surface area contributed by atoms with Crippen molar-refractivity contribution in [1.29, 1.82) is 0 Å². The number of carbonyl (C=O) groups is 1. The molecule has 24 heavy (non-hydrogen) atoms. The number of anilines is 1. The SMILES string of the molecule is COc1ccccc1C=CC(=O)Nc1nc(-c2cccnc2)cs1. The number of carbonyl (C=O) groups excluding carboxylic acids is 1. The van der Waals surface area contributed by atoms with Gasteiger partial charge >= 0.3 is 0 Å². The fraction of sp³-hybridized carbons (Fsp3) is 0.0556. The highest BCUT2D eigenvalue weighted by molar-refractivity contribution is 7.14. The summed E-state index contributed by atoms with van der Waals surface area (Å²) in [5.41, 5.74) is 2.54. The van der Waals surface area contributed by atoms with Gasteiger partial charge < -0.3 is 4.74 Å². The zero-order valence-electron chi connectivity index (χ0n) is 13.0. The largest absolute Gasteiger partial charge is 0.496 e. The number of benzene rings is 1. The Bertz CT molecular complexity index is 859. The van der Waals surface area contributed by atoms with E-state index in [0.29, 0.717) is 5.13 Å². The lowest BCUT2D eigenvalue weighted by Crippen LogP contribution is -2.07. The molecule has 3 aromatic rings. The summed E-state index contributed by atoms with van der Waals surface area (Å²) in [4.78, 5) is 20.5. The van der Waals surface area contributed by atoms with Gasteiger partial charge in [-0.25, -0.2) is 4.98 Å². The minimum absolute atomic E-state index is 0.243. The first-order valence-corrected chi connectivity index (χ1v) is 8.12. The third-order valence-corrected chi connectivity index (χ3v) is 4.00. The summed E-state index contributed by atoms with van der Waals surface area (Å²) in [6, 6.07) is 11.3. The number of para-hydroxylation sites is 1. The number of nitrogens with zero attached hydrogens (tertiary/aromatic N) is 2. The monoisotopic (exact) mass is 337 g/mol. The molecule has 5 nitrogen and oxygen atoms in total. The smallest absolute Gasteiger partial charge is 0.250 e. The second-order valence-electron chi connectivity index (χ2n) is 4.84. The van der Waals surface area contributed by atoms with E-state index in [1.165, 1.54) is 17.4 Å². The van der Waals surface area contributed by atoms with Gasteiger partial charge in [0.2, 0.25) is 5.91 Å². The van der Waals surface area contributed by atoms with E-state index in [9.17, 15) is 4.79 Å². The quantitative estimate of drug-likeness (QED) is 0.718. The Morgan fingerprint density at radius 3 is 2.92 bits per heavy atom. The summed E-state index contributed by atoms with van der Waals surface area (Å²) in [5, 5.41) is 5.19. The molecule has 0 bridgehead atoms. The predicted molar refractivity (Wildman–Crippen MR) is 96.0 cm³/mol. The van der Waals surface area contributed by atoms with Crippen molar-refractivity contribution in [3.63, 3.8) is 0 Å². The summed E-state index contributed by atoms with van der Waals surface area (Å²) >= 11 is 1.37. The van der Waals surface area contributed by atoms with Crippen LogP contribution >= 0.6 is 11.3 Å². The van der Waals surface area contributed by atoms with Crippen LogP contribution in [-0.4, -0.2) is 23.0 Å². The van der Waals surface area contributed by atoms with Crippen LogP contribution in [0.1, 0.15) is 5.56 Å². The van der Waals surface area contributed by atoms with Crippen molar-refractivity contribution < 1.29 is 9.53 Å². The van der Waals surface area contributed by atoms with E-state index in [-0.39, 0.29) is 5.91 Å². The molecule has 0 aliphatic carbocycles. The highest BCUT2D eigenvalue weighted by Gasteiger charge is 2.06. The van der Waals surface area contributed by atoms with Crippen LogP contribution in [0.15, 0.2) is 60.2 Å². The van der Waals surface area contributed by atoms with E-state index in [1.54, 1.807) is 25.6 Å². The second-order valence-corrected chi connectivity index (χ2v) is 5.70. The topological polar surface area (TPSA) is 64.1 Å². The van der Waals surface area contributed by atoms with Crippen molar-refractivity contribution >= 4 is 28.5 Å². The molecule has 0 aliphatic rings. The Morgan fingerprint density at radius 1 is 1.25 bits per heavy atom. The molecule has 6 heteroatoms. The zero-order valence-corrected chi connectivity index (χ0v) is 13.8. The normalized spacial score (nSPS) is 10.7. The maximum Gasteiger partial charge on any atom is 0.250 e. The van der Waals surface area contributed by atoms with Crippen LogP contribution in [0.5, 0.6) is 5.75 Å². The molecular weight excluding hydrogens is 322 g/mol. The molecule has 0 saturated carbocycles. The van der Waals surface area contributed by atoms with Gasteiger partial charge in [-0.3, -0.25) is 15.1 Å². The number of ether oxygens (including phenoxy) is 1. The minimum atomic E-state index is -0.243. The van der Waals surface area contributed by atoms with Gasteiger partial charge in [0.25, 0.3) is 0 Å². The fourth-order valence-corrected chi connectivity index (χ4v) is 2.82. The molecule has 120 valence electrons. The van der Waals surface area contributed by atoms with Gasteiger partial charge in [-0.05, 0) is 24.3 Å². The molecule has 0 fully saturated rings. The molecule has 2 aromatic heterocycles. The molecule has 1 amide bonds. The Balaban J connectivity index is 1.67. The molecule has 0 spiro atoms. The van der Waals surface area contributed by atoms with Crippen LogP contribution < -0.4 is 10.1 Å². The summed E-state index contributed by atoms with van der Waals surface area (Å²) in [6.07, 6.45) is 6.62. The van der Waals surface area contributed by atoms with E-state index in [1.807, 2.05) is 41.8 Å². The third-order valence-electron chi connectivity index (χ3n) is 3.24. The van der Waals surface area contributed by atoms with Crippen molar-refractivity contribution in [3.05, 3.63) is 65.8 Å². The van der Waals surface area contributed by atoms with Crippen LogP contribution in [0.25, 0.3) is 17.3 Å². The van der Waals surface area contributed by atoms with Crippen LogP contribution in [0, 0.1) is 0 Å².